The van der Waals surface area contributed by atoms with Gasteiger partial charge in [0.1, 0.15) is 5.58 Å². The van der Waals surface area contributed by atoms with Crippen LogP contribution in [0, 0.1) is 11.3 Å². The highest BCUT2D eigenvalue weighted by Gasteiger charge is 2.19. The number of hydrogen-bond acceptors (Lipinski definition) is 7. The number of carbonyl (C=O) groups excluding carboxylic acids is 2. The quantitative estimate of drug-likeness (QED) is 0.318. The van der Waals surface area contributed by atoms with Crippen LogP contribution in [0.1, 0.15) is 34.5 Å². The van der Waals surface area contributed by atoms with Gasteiger partial charge in [-0.05, 0) is 73.8 Å². The molecule has 0 bridgehead atoms. The number of H-pyrrole nitrogens is 1. The van der Waals surface area contributed by atoms with E-state index in [4.69, 9.17) is 10.2 Å². The van der Waals surface area contributed by atoms with Crippen molar-refractivity contribution in [2.45, 2.75) is 19.3 Å². The van der Waals surface area contributed by atoms with Crippen molar-refractivity contribution in [3.05, 3.63) is 65.5 Å². The summed E-state index contributed by atoms with van der Waals surface area (Å²) in [5.41, 5.74) is 10.0. The van der Waals surface area contributed by atoms with Crippen LogP contribution < -0.4 is 16.0 Å². The first-order valence-electron chi connectivity index (χ1n) is 12.6. The summed E-state index contributed by atoms with van der Waals surface area (Å²) in [6.07, 6.45) is 5.30. The smallest absolute Gasteiger partial charge is 0.293 e. The van der Waals surface area contributed by atoms with E-state index in [1.54, 1.807) is 6.07 Å². The third kappa shape index (κ3) is 5.50. The lowest BCUT2D eigenvalue weighted by atomic mass is 10.1. The maximum absolute atomic E-state index is 12.2. The Morgan fingerprint density at radius 3 is 2.70 bits per heavy atom. The van der Waals surface area contributed by atoms with Crippen molar-refractivity contribution in [3.8, 4) is 6.07 Å². The van der Waals surface area contributed by atoms with Gasteiger partial charge in [-0.2, -0.15) is 5.26 Å². The average Bonchev–Trinajstić information content (AvgIpc) is 3.54. The first-order chi connectivity index (χ1) is 18.0. The van der Waals surface area contributed by atoms with Gasteiger partial charge in [0.25, 0.3) is 5.91 Å². The van der Waals surface area contributed by atoms with Crippen LogP contribution in [0.3, 0.4) is 0 Å². The fourth-order valence-electron chi connectivity index (χ4n) is 4.91. The molecular weight excluding hydrogens is 468 g/mol. The Hall–Kier alpha value is -4.13. The van der Waals surface area contributed by atoms with Crippen LogP contribution >= 0.6 is 0 Å². The van der Waals surface area contributed by atoms with Gasteiger partial charge in [-0.1, -0.05) is 0 Å². The molecular formula is C28H30N6O3. The number of nitrogens with one attached hydrogen (secondary N) is 2. The topological polar surface area (TPSA) is 131 Å². The molecule has 2 aromatic carbocycles. The maximum Gasteiger partial charge on any atom is 0.293 e. The second kappa shape index (κ2) is 10.9. The largest absolute Gasteiger partial charge is 0.451 e. The number of unbranched alkanes of at least 4 members (excludes halogenated alkanes) is 1. The van der Waals surface area contributed by atoms with Crippen LogP contribution in [0.5, 0.6) is 0 Å². The zero-order valence-corrected chi connectivity index (χ0v) is 20.6. The fourth-order valence-corrected chi connectivity index (χ4v) is 4.91. The Balaban J connectivity index is 1.10. The lowest BCUT2D eigenvalue weighted by Crippen LogP contribution is -2.46. The highest BCUT2D eigenvalue weighted by Crippen LogP contribution is 2.26. The number of carbonyl (C=O) groups is 2. The van der Waals surface area contributed by atoms with Gasteiger partial charge in [-0.3, -0.25) is 19.8 Å². The molecule has 2 aromatic heterocycles. The molecule has 2 amide bonds. The summed E-state index contributed by atoms with van der Waals surface area (Å²) >= 11 is 0. The van der Waals surface area contributed by atoms with Crippen molar-refractivity contribution >= 4 is 39.4 Å². The van der Waals surface area contributed by atoms with Crippen LogP contribution in [0.15, 0.2) is 53.1 Å². The molecule has 0 radical (unpaired) electrons. The lowest BCUT2D eigenvalue weighted by molar-refractivity contribution is -0.118. The van der Waals surface area contributed by atoms with Gasteiger partial charge in [-0.25, -0.2) is 0 Å². The standard InChI is InChI=1S/C28H30N6O3/c29-16-19-4-6-24-23(13-19)20(18-31-24)3-1-2-8-33-9-11-34(12-10-33)22-5-7-25-21(14-22)15-26(37-25)28(36)32-27(35)17-30/h4-7,13-15,18,31H,1-3,8-12,17,30H2,(H,32,35,36). The number of aromatic nitrogens is 1. The number of hydrogen-bond donors (Lipinski definition) is 3. The number of benzene rings is 2. The van der Waals surface area contributed by atoms with Crippen molar-refractivity contribution in [2.75, 3.05) is 44.2 Å². The van der Waals surface area contributed by atoms with Gasteiger partial charge in [0.15, 0.2) is 5.76 Å². The number of fused-ring (bicyclic) bond motifs is 2. The molecule has 3 heterocycles. The molecule has 190 valence electrons. The van der Waals surface area contributed by atoms with Crippen LogP contribution in [-0.2, 0) is 11.2 Å². The molecule has 1 saturated heterocycles. The lowest BCUT2D eigenvalue weighted by Gasteiger charge is -2.36. The van der Waals surface area contributed by atoms with Gasteiger partial charge in [0.2, 0.25) is 5.91 Å². The molecule has 1 aliphatic heterocycles. The summed E-state index contributed by atoms with van der Waals surface area (Å²) in [4.78, 5) is 31.7. The third-order valence-electron chi connectivity index (χ3n) is 6.97. The summed E-state index contributed by atoms with van der Waals surface area (Å²) in [5, 5.41) is 13.4. The minimum absolute atomic E-state index is 0.0944. The van der Waals surface area contributed by atoms with Crippen LogP contribution in [0.25, 0.3) is 21.9 Å². The van der Waals surface area contributed by atoms with Gasteiger partial charge in [-0.15, -0.1) is 0 Å². The molecule has 0 saturated carbocycles. The molecule has 0 unspecified atom stereocenters. The minimum Gasteiger partial charge on any atom is -0.451 e. The average molecular weight is 499 g/mol. The Kier molecular flexibility index (Phi) is 7.21. The number of piperazine rings is 1. The number of aromatic amines is 1. The van der Waals surface area contributed by atoms with Gasteiger partial charge in [0.05, 0.1) is 18.2 Å². The van der Waals surface area contributed by atoms with Crippen molar-refractivity contribution in [2.24, 2.45) is 5.73 Å². The molecule has 1 aliphatic rings. The highest BCUT2D eigenvalue weighted by atomic mass is 16.3. The van der Waals surface area contributed by atoms with Crippen molar-refractivity contribution < 1.29 is 14.0 Å². The summed E-state index contributed by atoms with van der Waals surface area (Å²) in [6.45, 7) is 4.67. The number of nitrogens with zero attached hydrogens (tertiary/aromatic N) is 3. The third-order valence-corrected chi connectivity index (χ3v) is 6.97. The summed E-state index contributed by atoms with van der Waals surface area (Å²) < 4.78 is 5.60. The van der Waals surface area contributed by atoms with E-state index in [0.29, 0.717) is 11.1 Å². The summed E-state index contributed by atoms with van der Waals surface area (Å²) in [7, 11) is 0. The van der Waals surface area contributed by atoms with E-state index in [2.05, 4.69) is 32.4 Å². The van der Waals surface area contributed by atoms with Crippen molar-refractivity contribution in [1.29, 1.82) is 5.26 Å². The molecule has 9 heteroatoms. The van der Waals surface area contributed by atoms with E-state index in [1.807, 2.05) is 36.4 Å². The second-order valence-corrected chi connectivity index (χ2v) is 9.39. The Morgan fingerprint density at radius 2 is 1.92 bits per heavy atom. The van der Waals surface area contributed by atoms with E-state index in [9.17, 15) is 14.9 Å². The van der Waals surface area contributed by atoms with Crippen molar-refractivity contribution in [1.82, 2.24) is 15.2 Å². The van der Waals surface area contributed by atoms with Crippen molar-refractivity contribution in [3.63, 3.8) is 0 Å². The van der Waals surface area contributed by atoms with E-state index in [0.717, 1.165) is 74.0 Å². The minimum atomic E-state index is -0.585. The maximum atomic E-state index is 12.2. The summed E-state index contributed by atoms with van der Waals surface area (Å²) in [6, 6.07) is 15.6. The first kappa shape index (κ1) is 24.6. The molecule has 4 N–H and O–H groups in total. The number of nitriles is 1. The number of rotatable bonds is 8. The highest BCUT2D eigenvalue weighted by molar-refractivity contribution is 6.05. The molecule has 0 aliphatic carbocycles. The number of furan rings is 1. The summed E-state index contributed by atoms with van der Waals surface area (Å²) in [5.74, 6) is -1.04. The van der Waals surface area contributed by atoms with Gasteiger partial charge in [0, 0.05) is 54.4 Å². The fraction of sp³-hybridized carbons (Fsp3) is 0.321. The van der Waals surface area contributed by atoms with E-state index < -0.39 is 11.8 Å². The second-order valence-electron chi connectivity index (χ2n) is 9.39. The van der Waals surface area contributed by atoms with E-state index in [1.165, 1.54) is 5.56 Å². The zero-order chi connectivity index (χ0) is 25.8. The Morgan fingerprint density at radius 1 is 1.08 bits per heavy atom. The molecule has 4 aromatic rings. The van der Waals surface area contributed by atoms with Gasteiger partial charge >= 0.3 is 0 Å². The normalized spacial score (nSPS) is 14.2. The molecule has 0 atom stereocenters. The predicted molar refractivity (Wildman–Crippen MR) is 142 cm³/mol. The predicted octanol–water partition coefficient (Wildman–Crippen LogP) is 3.15. The zero-order valence-electron chi connectivity index (χ0n) is 20.6. The molecule has 0 spiro atoms. The van der Waals surface area contributed by atoms with Crippen LogP contribution in [-0.4, -0.2) is 61.0 Å². The SMILES string of the molecule is N#Cc1ccc2[nH]cc(CCCCN3CCN(c4ccc5oc(C(=O)NC(=O)CN)cc5c4)CC3)c2c1. The van der Waals surface area contributed by atoms with Crippen LogP contribution in [0.4, 0.5) is 5.69 Å². The van der Waals surface area contributed by atoms with E-state index in [-0.39, 0.29) is 12.3 Å². The monoisotopic (exact) mass is 498 g/mol. The Bertz CT molecular complexity index is 1470. The number of nitrogens with two attached hydrogens (primary N) is 1. The number of imide groups is 1. The Labute approximate surface area is 214 Å². The number of anilines is 1. The number of amides is 2. The molecule has 5 rings (SSSR count). The van der Waals surface area contributed by atoms with E-state index >= 15 is 0 Å². The first-order valence-corrected chi connectivity index (χ1v) is 12.6. The van der Waals surface area contributed by atoms with Gasteiger partial charge < -0.3 is 20.0 Å². The number of aryl methyl sites for hydroxylation is 1. The van der Waals surface area contributed by atoms with Crippen LogP contribution in [0.2, 0.25) is 0 Å². The molecule has 9 nitrogen and oxygen atoms in total. The molecule has 37 heavy (non-hydrogen) atoms. The molecule has 1 fully saturated rings.